The summed E-state index contributed by atoms with van der Waals surface area (Å²) in [6, 6.07) is 0. The van der Waals surface area contributed by atoms with Crippen LogP contribution in [0, 0.1) is 0 Å². The van der Waals surface area contributed by atoms with Gasteiger partial charge in [-0.1, -0.05) is 0 Å². The van der Waals surface area contributed by atoms with E-state index < -0.39 is 11.7 Å². The lowest BCUT2D eigenvalue weighted by Gasteiger charge is -2.28. The molecule has 100 valence electrons. The molecule has 0 spiro atoms. The van der Waals surface area contributed by atoms with E-state index in [4.69, 9.17) is 19.3 Å². The molecular weight excluding hydrogens is 226 g/mol. The first-order chi connectivity index (χ1) is 7.90. The van der Waals surface area contributed by atoms with Crippen molar-refractivity contribution in [2.75, 3.05) is 26.4 Å². The van der Waals surface area contributed by atoms with E-state index in [-0.39, 0.29) is 18.8 Å². The van der Waals surface area contributed by atoms with E-state index in [0.717, 1.165) is 0 Å². The molecule has 1 amide bonds. The molecule has 17 heavy (non-hydrogen) atoms. The van der Waals surface area contributed by atoms with Crippen LogP contribution in [0.15, 0.2) is 0 Å². The SMILES string of the molecule is CC(C)(C)OC(=O)NC[C@@H]1CO[C@@H](CO)CO1. The van der Waals surface area contributed by atoms with Crippen molar-refractivity contribution in [3.63, 3.8) is 0 Å². The Bertz CT molecular complexity index is 243. The van der Waals surface area contributed by atoms with Gasteiger partial charge < -0.3 is 24.6 Å². The zero-order valence-corrected chi connectivity index (χ0v) is 10.6. The van der Waals surface area contributed by atoms with Gasteiger partial charge in [0.1, 0.15) is 11.7 Å². The highest BCUT2D eigenvalue weighted by Crippen LogP contribution is 2.08. The summed E-state index contributed by atoms with van der Waals surface area (Å²) in [6.07, 6.45) is -0.913. The van der Waals surface area contributed by atoms with Crippen LogP contribution in [-0.4, -0.2) is 55.4 Å². The van der Waals surface area contributed by atoms with Crippen LogP contribution in [0.4, 0.5) is 4.79 Å². The number of hydrogen-bond donors (Lipinski definition) is 2. The van der Waals surface area contributed by atoms with E-state index in [2.05, 4.69) is 5.32 Å². The molecule has 0 aromatic rings. The van der Waals surface area contributed by atoms with Gasteiger partial charge in [0.15, 0.2) is 0 Å². The number of aliphatic hydroxyl groups is 1. The number of alkyl carbamates (subject to hydrolysis) is 1. The van der Waals surface area contributed by atoms with Crippen molar-refractivity contribution in [2.24, 2.45) is 0 Å². The second-order valence-electron chi connectivity index (χ2n) is 4.98. The molecule has 0 aliphatic carbocycles. The predicted octanol–water partition coefficient (Wildman–Crippen LogP) is 0.287. The van der Waals surface area contributed by atoms with Crippen LogP contribution in [0.25, 0.3) is 0 Å². The summed E-state index contributed by atoms with van der Waals surface area (Å²) in [5.74, 6) is 0. The third kappa shape index (κ3) is 5.86. The van der Waals surface area contributed by atoms with Gasteiger partial charge in [-0.3, -0.25) is 0 Å². The minimum Gasteiger partial charge on any atom is -0.444 e. The Kier molecular flexibility index (Phi) is 5.17. The van der Waals surface area contributed by atoms with Crippen molar-refractivity contribution in [1.82, 2.24) is 5.32 Å². The standard InChI is InChI=1S/C11H21NO5/c1-11(2,3)17-10(14)12-4-8-6-16-9(5-13)7-15-8/h8-9,13H,4-7H2,1-3H3,(H,12,14)/t8-,9+/m1/s1. The van der Waals surface area contributed by atoms with Gasteiger partial charge >= 0.3 is 6.09 Å². The number of aliphatic hydroxyl groups excluding tert-OH is 1. The van der Waals surface area contributed by atoms with Crippen LogP contribution in [0.1, 0.15) is 20.8 Å². The maximum atomic E-state index is 11.4. The maximum Gasteiger partial charge on any atom is 0.407 e. The summed E-state index contributed by atoms with van der Waals surface area (Å²) in [6.45, 7) is 6.41. The molecule has 6 heteroatoms. The Hall–Kier alpha value is -0.850. The first-order valence-corrected chi connectivity index (χ1v) is 5.71. The van der Waals surface area contributed by atoms with Crippen molar-refractivity contribution >= 4 is 6.09 Å². The molecule has 0 radical (unpaired) electrons. The predicted molar refractivity (Wildman–Crippen MR) is 60.8 cm³/mol. The fraction of sp³-hybridized carbons (Fsp3) is 0.909. The lowest BCUT2D eigenvalue weighted by Crippen LogP contribution is -2.44. The smallest absolute Gasteiger partial charge is 0.407 e. The van der Waals surface area contributed by atoms with E-state index in [1.165, 1.54) is 0 Å². The monoisotopic (exact) mass is 247 g/mol. The van der Waals surface area contributed by atoms with E-state index in [9.17, 15) is 4.79 Å². The summed E-state index contributed by atoms with van der Waals surface area (Å²) in [5.41, 5.74) is -0.504. The quantitative estimate of drug-likeness (QED) is 0.749. The van der Waals surface area contributed by atoms with Crippen molar-refractivity contribution in [2.45, 2.75) is 38.6 Å². The van der Waals surface area contributed by atoms with Crippen LogP contribution < -0.4 is 5.32 Å². The zero-order valence-electron chi connectivity index (χ0n) is 10.6. The van der Waals surface area contributed by atoms with Crippen LogP contribution in [0.5, 0.6) is 0 Å². The number of carbonyl (C=O) groups excluding carboxylic acids is 1. The van der Waals surface area contributed by atoms with E-state index in [1.807, 2.05) is 0 Å². The molecule has 1 heterocycles. The van der Waals surface area contributed by atoms with Crippen molar-refractivity contribution in [3.05, 3.63) is 0 Å². The summed E-state index contributed by atoms with van der Waals surface area (Å²) in [7, 11) is 0. The fourth-order valence-corrected chi connectivity index (χ4v) is 1.32. The summed E-state index contributed by atoms with van der Waals surface area (Å²) in [5, 5.41) is 11.4. The molecule has 0 aromatic carbocycles. The van der Waals surface area contributed by atoms with E-state index in [1.54, 1.807) is 20.8 Å². The largest absolute Gasteiger partial charge is 0.444 e. The van der Waals surface area contributed by atoms with E-state index >= 15 is 0 Å². The Morgan fingerprint density at radius 1 is 1.35 bits per heavy atom. The number of carbonyl (C=O) groups is 1. The number of rotatable bonds is 3. The lowest BCUT2D eigenvalue weighted by atomic mass is 10.2. The molecule has 2 N–H and O–H groups in total. The minimum absolute atomic E-state index is 0.0494. The van der Waals surface area contributed by atoms with Crippen LogP contribution >= 0.6 is 0 Å². The molecule has 0 aromatic heterocycles. The van der Waals surface area contributed by atoms with Gasteiger partial charge in [-0.05, 0) is 20.8 Å². The van der Waals surface area contributed by atoms with Gasteiger partial charge in [0.25, 0.3) is 0 Å². The summed E-state index contributed by atoms with van der Waals surface area (Å²) in [4.78, 5) is 11.4. The Balaban J connectivity index is 2.17. The fourth-order valence-electron chi connectivity index (χ4n) is 1.32. The Morgan fingerprint density at radius 3 is 2.41 bits per heavy atom. The summed E-state index contributed by atoms with van der Waals surface area (Å²) < 4.78 is 15.8. The molecule has 0 bridgehead atoms. The zero-order chi connectivity index (χ0) is 12.9. The Morgan fingerprint density at radius 2 is 1.94 bits per heavy atom. The highest BCUT2D eigenvalue weighted by molar-refractivity contribution is 5.67. The van der Waals surface area contributed by atoms with Crippen LogP contribution in [0.2, 0.25) is 0 Å². The highest BCUT2D eigenvalue weighted by Gasteiger charge is 2.23. The molecule has 6 nitrogen and oxygen atoms in total. The summed E-state index contributed by atoms with van der Waals surface area (Å²) >= 11 is 0. The van der Waals surface area contributed by atoms with Gasteiger partial charge in [0.2, 0.25) is 0 Å². The van der Waals surface area contributed by atoms with Gasteiger partial charge in [0, 0.05) is 6.54 Å². The minimum atomic E-state index is -0.504. The van der Waals surface area contributed by atoms with Gasteiger partial charge in [-0.2, -0.15) is 0 Å². The number of hydrogen-bond acceptors (Lipinski definition) is 5. The molecule has 0 unspecified atom stereocenters. The molecule has 0 saturated carbocycles. The van der Waals surface area contributed by atoms with Crippen molar-refractivity contribution < 1.29 is 24.1 Å². The first kappa shape index (κ1) is 14.2. The van der Waals surface area contributed by atoms with E-state index in [0.29, 0.717) is 19.8 Å². The third-order valence-corrected chi connectivity index (χ3v) is 2.11. The number of ether oxygens (including phenoxy) is 3. The van der Waals surface area contributed by atoms with Gasteiger partial charge in [-0.25, -0.2) is 4.79 Å². The average Bonchev–Trinajstić information content (AvgIpc) is 2.25. The van der Waals surface area contributed by atoms with Crippen molar-refractivity contribution in [3.8, 4) is 0 Å². The molecule has 1 aliphatic rings. The topological polar surface area (TPSA) is 77.0 Å². The third-order valence-electron chi connectivity index (χ3n) is 2.11. The van der Waals surface area contributed by atoms with Gasteiger partial charge in [0.05, 0.1) is 25.9 Å². The Labute approximate surface area is 101 Å². The molecule has 2 atom stereocenters. The average molecular weight is 247 g/mol. The molecular formula is C11H21NO5. The van der Waals surface area contributed by atoms with Crippen molar-refractivity contribution in [1.29, 1.82) is 0 Å². The molecule has 1 saturated heterocycles. The normalized spacial score (nSPS) is 25.4. The lowest BCUT2D eigenvalue weighted by molar-refractivity contribution is -0.143. The number of amides is 1. The maximum absolute atomic E-state index is 11.4. The van der Waals surface area contributed by atoms with Crippen LogP contribution in [-0.2, 0) is 14.2 Å². The second kappa shape index (κ2) is 6.18. The number of nitrogens with one attached hydrogen (secondary N) is 1. The molecule has 1 rings (SSSR count). The highest BCUT2D eigenvalue weighted by atomic mass is 16.6. The molecule has 1 fully saturated rings. The second-order valence-corrected chi connectivity index (χ2v) is 4.98. The van der Waals surface area contributed by atoms with Gasteiger partial charge in [-0.15, -0.1) is 0 Å². The first-order valence-electron chi connectivity index (χ1n) is 5.71. The van der Waals surface area contributed by atoms with Crippen LogP contribution in [0.3, 0.4) is 0 Å². The molecule has 1 aliphatic heterocycles.